The van der Waals surface area contributed by atoms with Crippen molar-refractivity contribution in [2.24, 2.45) is 0 Å². The number of piperidine rings is 1. The maximum atomic E-state index is 11.1. The highest BCUT2D eigenvalue weighted by molar-refractivity contribution is 5.86. The summed E-state index contributed by atoms with van der Waals surface area (Å²) in [5.41, 5.74) is 1.11. The van der Waals surface area contributed by atoms with E-state index in [2.05, 4.69) is 21.7 Å². The van der Waals surface area contributed by atoms with Gasteiger partial charge in [0.1, 0.15) is 5.69 Å². The smallest absolute Gasteiger partial charge is 0.354 e. The van der Waals surface area contributed by atoms with Gasteiger partial charge in [0, 0.05) is 37.1 Å². The molecular weight excluding hydrogens is 254 g/mol. The van der Waals surface area contributed by atoms with E-state index in [1.807, 2.05) is 6.07 Å². The molecule has 0 aliphatic carbocycles. The van der Waals surface area contributed by atoms with Gasteiger partial charge < -0.3 is 10.0 Å². The molecular formula is C15H21N3O2. The van der Waals surface area contributed by atoms with Crippen molar-refractivity contribution in [3.63, 3.8) is 0 Å². The van der Waals surface area contributed by atoms with E-state index in [1.165, 1.54) is 25.8 Å². The predicted octanol–water partition coefficient (Wildman–Crippen LogP) is 1.84. The standard InChI is InChI=1S/C15H21N3O2/c1-11-9-17-7-3-2-4-13(17)10-18(11)12-5-6-16-14(8-12)15(19)20/h5-6,8,11,13H,2-4,7,9-10H2,1H3,(H,19,20). The molecule has 2 aliphatic rings. The van der Waals surface area contributed by atoms with E-state index in [0.717, 1.165) is 18.8 Å². The van der Waals surface area contributed by atoms with Crippen LogP contribution in [0.1, 0.15) is 36.7 Å². The number of hydrogen-bond acceptors (Lipinski definition) is 4. The molecule has 0 aromatic carbocycles. The highest BCUT2D eigenvalue weighted by atomic mass is 16.4. The third kappa shape index (κ3) is 2.50. The fourth-order valence-electron chi connectivity index (χ4n) is 3.43. The summed E-state index contributed by atoms with van der Waals surface area (Å²) in [4.78, 5) is 19.9. The van der Waals surface area contributed by atoms with E-state index in [-0.39, 0.29) is 5.69 Å². The molecule has 2 unspecified atom stereocenters. The first-order valence-electron chi connectivity index (χ1n) is 7.35. The van der Waals surface area contributed by atoms with Gasteiger partial charge in [-0.2, -0.15) is 0 Å². The van der Waals surface area contributed by atoms with E-state index in [0.29, 0.717) is 12.1 Å². The van der Waals surface area contributed by atoms with Gasteiger partial charge in [-0.15, -0.1) is 0 Å². The van der Waals surface area contributed by atoms with E-state index in [9.17, 15) is 4.79 Å². The first kappa shape index (κ1) is 13.4. The molecule has 5 nitrogen and oxygen atoms in total. The highest BCUT2D eigenvalue weighted by Gasteiger charge is 2.33. The Morgan fingerprint density at radius 3 is 3.05 bits per heavy atom. The summed E-state index contributed by atoms with van der Waals surface area (Å²) in [7, 11) is 0. The van der Waals surface area contributed by atoms with Crippen molar-refractivity contribution in [2.75, 3.05) is 24.5 Å². The van der Waals surface area contributed by atoms with Crippen molar-refractivity contribution >= 4 is 11.7 Å². The second-order valence-corrected chi connectivity index (χ2v) is 5.85. The molecule has 0 bridgehead atoms. The second-order valence-electron chi connectivity index (χ2n) is 5.85. The van der Waals surface area contributed by atoms with Crippen molar-refractivity contribution in [1.82, 2.24) is 9.88 Å². The predicted molar refractivity (Wildman–Crippen MR) is 77.2 cm³/mol. The molecule has 3 rings (SSSR count). The Balaban J connectivity index is 1.82. The lowest BCUT2D eigenvalue weighted by Crippen LogP contribution is -2.58. The minimum atomic E-state index is -0.962. The van der Waals surface area contributed by atoms with E-state index >= 15 is 0 Å². The minimum absolute atomic E-state index is 0.126. The molecule has 0 amide bonds. The van der Waals surface area contributed by atoms with E-state index < -0.39 is 5.97 Å². The van der Waals surface area contributed by atoms with Crippen LogP contribution in [0.2, 0.25) is 0 Å². The lowest BCUT2D eigenvalue weighted by Gasteiger charge is -2.48. The lowest BCUT2D eigenvalue weighted by atomic mass is 9.96. The number of carboxylic acid groups (broad SMARTS) is 1. The number of fused-ring (bicyclic) bond motifs is 1. The van der Waals surface area contributed by atoms with Crippen molar-refractivity contribution in [3.05, 3.63) is 24.0 Å². The van der Waals surface area contributed by atoms with Crippen LogP contribution in [0, 0.1) is 0 Å². The molecule has 3 heterocycles. The zero-order valence-corrected chi connectivity index (χ0v) is 11.8. The maximum Gasteiger partial charge on any atom is 0.354 e. The number of aromatic nitrogens is 1. The van der Waals surface area contributed by atoms with Crippen LogP contribution < -0.4 is 4.90 Å². The number of piperazine rings is 1. The summed E-state index contributed by atoms with van der Waals surface area (Å²) >= 11 is 0. The van der Waals surface area contributed by atoms with Gasteiger partial charge >= 0.3 is 5.97 Å². The number of hydrogen-bond donors (Lipinski definition) is 1. The first-order chi connectivity index (χ1) is 9.65. The van der Waals surface area contributed by atoms with Gasteiger partial charge in [-0.25, -0.2) is 9.78 Å². The average molecular weight is 275 g/mol. The second kappa shape index (κ2) is 5.40. The molecule has 0 radical (unpaired) electrons. The molecule has 2 aliphatic heterocycles. The van der Waals surface area contributed by atoms with Gasteiger partial charge in [-0.05, 0) is 38.4 Å². The summed E-state index contributed by atoms with van der Waals surface area (Å²) in [5.74, 6) is -0.962. The van der Waals surface area contributed by atoms with Crippen LogP contribution in [-0.2, 0) is 0 Å². The molecule has 2 saturated heterocycles. The molecule has 1 aromatic heterocycles. The van der Waals surface area contributed by atoms with Crippen LogP contribution in [0.15, 0.2) is 18.3 Å². The number of carboxylic acids is 1. The fourth-order valence-corrected chi connectivity index (χ4v) is 3.43. The quantitative estimate of drug-likeness (QED) is 0.892. The van der Waals surface area contributed by atoms with Gasteiger partial charge in [0.2, 0.25) is 0 Å². The monoisotopic (exact) mass is 275 g/mol. The number of pyridine rings is 1. The third-order valence-electron chi connectivity index (χ3n) is 4.48. The highest BCUT2D eigenvalue weighted by Crippen LogP contribution is 2.28. The molecule has 1 aromatic rings. The molecule has 2 fully saturated rings. The maximum absolute atomic E-state index is 11.1. The van der Waals surface area contributed by atoms with E-state index in [4.69, 9.17) is 5.11 Å². The Kier molecular flexibility index (Phi) is 3.61. The number of nitrogens with zero attached hydrogens (tertiary/aromatic N) is 3. The van der Waals surface area contributed by atoms with E-state index in [1.54, 1.807) is 12.3 Å². The van der Waals surface area contributed by atoms with Crippen LogP contribution in [0.5, 0.6) is 0 Å². The van der Waals surface area contributed by atoms with Crippen LogP contribution in [0.3, 0.4) is 0 Å². The number of carbonyl (C=O) groups is 1. The number of aromatic carboxylic acids is 1. The minimum Gasteiger partial charge on any atom is -0.477 e. The third-order valence-corrected chi connectivity index (χ3v) is 4.48. The molecule has 1 N–H and O–H groups in total. The zero-order valence-electron chi connectivity index (χ0n) is 11.8. The normalized spacial score (nSPS) is 27.1. The first-order valence-corrected chi connectivity index (χ1v) is 7.35. The van der Waals surface area contributed by atoms with Crippen LogP contribution in [0.25, 0.3) is 0 Å². The summed E-state index contributed by atoms with van der Waals surface area (Å²) < 4.78 is 0. The fraction of sp³-hybridized carbons (Fsp3) is 0.600. The van der Waals surface area contributed by atoms with Crippen LogP contribution in [-0.4, -0.2) is 52.7 Å². The Hall–Kier alpha value is -1.62. The lowest BCUT2D eigenvalue weighted by molar-refractivity contribution is 0.0690. The number of anilines is 1. The van der Waals surface area contributed by atoms with Gasteiger partial charge in [-0.3, -0.25) is 4.90 Å². The molecule has 5 heteroatoms. The molecule has 2 atom stereocenters. The Labute approximate surface area is 119 Å². The van der Waals surface area contributed by atoms with Crippen LogP contribution >= 0.6 is 0 Å². The van der Waals surface area contributed by atoms with Crippen molar-refractivity contribution in [2.45, 2.75) is 38.3 Å². The Morgan fingerprint density at radius 2 is 2.25 bits per heavy atom. The summed E-state index contributed by atoms with van der Waals surface area (Å²) in [6, 6.07) is 4.63. The molecule has 108 valence electrons. The largest absolute Gasteiger partial charge is 0.477 e. The van der Waals surface area contributed by atoms with Crippen molar-refractivity contribution in [3.8, 4) is 0 Å². The topological polar surface area (TPSA) is 56.7 Å². The summed E-state index contributed by atoms with van der Waals surface area (Å²) in [5, 5.41) is 9.07. The summed E-state index contributed by atoms with van der Waals surface area (Å²) in [6.07, 6.45) is 5.46. The SMILES string of the molecule is CC1CN2CCCCC2CN1c1ccnc(C(=O)O)c1. The van der Waals surface area contributed by atoms with Gasteiger partial charge in [-0.1, -0.05) is 6.42 Å². The van der Waals surface area contributed by atoms with Crippen molar-refractivity contribution in [1.29, 1.82) is 0 Å². The number of rotatable bonds is 2. The van der Waals surface area contributed by atoms with Gasteiger partial charge in [0.15, 0.2) is 0 Å². The Morgan fingerprint density at radius 1 is 1.40 bits per heavy atom. The molecule has 20 heavy (non-hydrogen) atoms. The zero-order chi connectivity index (χ0) is 14.1. The van der Waals surface area contributed by atoms with Crippen molar-refractivity contribution < 1.29 is 9.90 Å². The molecule has 0 spiro atoms. The average Bonchev–Trinajstić information content (AvgIpc) is 2.46. The molecule has 0 saturated carbocycles. The van der Waals surface area contributed by atoms with Gasteiger partial charge in [0.05, 0.1) is 0 Å². The van der Waals surface area contributed by atoms with Crippen LogP contribution in [0.4, 0.5) is 5.69 Å². The Bertz CT molecular complexity index is 506. The summed E-state index contributed by atoms with van der Waals surface area (Å²) in [6.45, 7) is 5.48. The van der Waals surface area contributed by atoms with Gasteiger partial charge in [0.25, 0.3) is 0 Å².